The fourth-order valence-corrected chi connectivity index (χ4v) is 3.24. The predicted molar refractivity (Wildman–Crippen MR) is 68.1 cm³/mol. The number of likely N-dealkylation sites (N-methyl/N-ethyl adjacent to an activating group) is 1. The normalized spacial score (nSPS) is 13.6. The van der Waals surface area contributed by atoms with Crippen molar-refractivity contribution in [2.75, 3.05) is 7.05 Å². The summed E-state index contributed by atoms with van der Waals surface area (Å²) in [6, 6.07) is 4.64. The molecule has 1 N–H and O–H groups in total. The number of aliphatic carboxylic acids is 1. The lowest BCUT2D eigenvalue weighted by molar-refractivity contribution is -0.141. The van der Waals surface area contributed by atoms with Crippen molar-refractivity contribution in [2.24, 2.45) is 0 Å². The van der Waals surface area contributed by atoms with Crippen LogP contribution < -0.4 is 0 Å². The fourth-order valence-electron chi connectivity index (χ4n) is 1.55. The summed E-state index contributed by atoms with van der Waals surface area (Å²) in [6.07, 6.45) is 0.186. The molecule has 0 heterocycles. The summed E-state index contributed by atoms with van der Waals surface area (Å²) in [5.74, 6) is -1.18. The molecular weight excluding hydrogens is 278 g/mol. The van der Waals surface area contributed by atoms with Gasteiger partial charge in [-0.25, -0.2) is 8.42 Å². The molecule has 0 saturated heterocycles. The first-order valence-corrected chi connectivity index (χ1v) is 7.09. The molecule has 1 unspecified atom stereocenters. The number of halogens is 1. The Morgan fingerprint density at radius 2 is 2.11 bits per heavy atom. The SMILES string of the molecule is CCC(C(=O)O)N(C)S(=O)(=O)c1cccc(Cl)c1. The number of carboxylic acid groups (broad SMARTS) is 1. The molecule has 1 aromatic carbocycles. The highest BCUT2D eigenvalue weighted by Gasteiger charge is 2.31. The molecule has 0 aromatic heterocycles. The van der Waals surface area contributed by atoms with Gasteiger partial charge in [0.2, 0.25) is 10.0 Å². The molecule has 1 atom stereocenters. The van der Waals surface area contributed by atoms with Gasteiger partial charge in [-0.2, -0.15) is 4.31 Å². The number of carboxylic acids is 1. The van der Waals surface area contributed by atoms with Gasteiger partial charge in [0.1, 0.15) is 6.04 Å². The molecule has 1 aromatic rings. The second kappa shape index (κ2) is 5.69. The molecule has 5 nitrogen and oxygen atoms in total. The van der Waals surface area contributed by atoms with Crippen LogP contribution in [0.5, 0.6) is 0 Å². The lowest BCUT2D eigenvalue weighted by Crippen LogP contribution is -2.41. The van der Waals surface area contributed by atoms with E-state index in [1.165, 1.54) is 25.2 Å². The Balaban J connectivity index is 3.18. The zero-order valence-corrected chi connectivity index (χ0v) is 11.6. The standard InChI is InChI=1S/C11H14ClNO4S/c1-3-10(11(14)15)13(2)18(16,17)9-6-4-5-8(12)7-9/h4-7,10H,3H2,1-2H3,(H,14,15). The predicted octanol–water partition coefficient (Wildman–Crippen LogP) is 1.82. The third-order valence-electron chi connectivity index (χ3n) is 2.58. The molecule has 0 aliphatic heterocycles. The average molecular weight is 292 g/mol. The van der Waals surface area contributed by atoms with Crippen molar-refractivity contribution in [1.29, 1.82) is 0 Å². The Labute approximate surface area is 111 Å². The molecule has 0 aliphatic rings. The van der Waals surface area contributed by atoms with Gasteiger partial charge in [0.05, 0.1) is 4.90 Å². The average Bonchev–Trinajstić information content (AvgIpc) is 2.29. The van der Waals surface area contributed by atoms with Gasteiger partial charge in [-0.15, -0.1) is 0 Å². The van der Waals surface area contributed by atoms with E-state index in [0.717, 1.165) is 4.31 Å². The summed E-state index contributed by atoms with van der Waals surface area (Å²) in [4.78, 5) is 11.0. The summed E-state index contributed by atoms with van der Waals surface area (Å²) in [5.41, 5.74) is 0. The molecule has 0 aliphatic carbocycles. The third kappa shape index (κ3) is 3.01. The van der Waals surface area contributed by atoms with Crippen molar-refractivity contribution in [1.82, 2.24) is 4.31 Å². The van der Waals surface area contributed by atoms with E-state index >= 15 is 0 Å². The van der Waals surface area contributed by atoms with Crippen LogP contribution in [0.15, 0.2) is 29.2 Å². The van der Waals surface area contributed by atoms with Crippen LogP contribution in [0.25, 0.3) is 0 Å². The van der Waals surface area contributed by atoms with E-state index in [1.807, 2.05) is 0 Å². The second-order valence-corrected chi connectivity index (χ2v) is 6.17. The molecule has 0 amide bonds. The Kier molecular flexibility index (Phi) is 4.72. The van der Waals surface area contributed by atoms with Crippen LogP contribution in [0.3, 0.4) is 0 Å². The topological polar surface area (TPSA) is 74.7 Å². The van der Waals surface area contributed by atoms with Crippen molar-refractivity contribution in [3.8, 4) is 0 Å². The minimum atomic E-state index is -3.85. The maximum atomic E-state index is 12.2. The second-order valence-electron chi connectivity index (χ2n) is 3.74. The lowest BCUT2D eigenvalue weighted by Gasteiger charge is -2.23. The van der Waals surface area contributed by atoms with Gasteiger partial charge in [-0.1, -0.05) is 24.6 Å². The smallest absolute Gasteiger partial charge is 0.321 e. The van der Waals surface area contributed by atoms with Crippen molar-refractivity contribution in [3.63, 3.8) is 0 Å². The molecule has 0 fully saturated rings. The van der Waals surface area contributed by atoms with Crippen LogP contribution in [0.1, 0.15) is 13.3 Å². The number of benzene rings is 1. The van der Waals surface area contributed by atoms with Crippen molar-refractivity contribution in [2.45, 2.75) is 24.3 Å². The summed E-state index contributed by atoms with van der Waals surface area (Å²) < 4.78 is 25.2. The summed E-state index contributed by atoms with van der Waals surface area (Å²) in [7, 11) is -2.60. The van der Waals surface area contributed by atoms with Gasteiger partial charge < -0.3 is 5.11 Å². The van der Waals surface area contributed by atoms with E-state index < -0.39 is 22.0 Å². The van der Waals surface area contributed by atoms with Crippen molar-refractivity contribution < 1.29 is 18.3 Å². The van der Waals surface area contributed by atoms with Gasteiger partial charge in [-0.3, -0.25) is 4.79 Å². The maximum Gasteiger partial charge on any atom is 0.321 e. The Hall–Kier alpha value is -1.11. The van der Waals surface area contributed by atoms with Crippen LogP contribution in [-0.4, -0.2) is 36.9 Å². The highest BCUT2D eigenvalue weighted by molar-refractivity contribution is 7.89. The number of hydrogen-bond donors (Lipinski definition) is 1. The van der Waals surface area contributed by atoms with Gasteiger partial charge in [0, 0.05) is 12.1 Å². The molecular formula is C11H14ClNO4S. The number of nitrogens with zero attached hydrogens (tertiary/aromatic N) is 1. The first-order chi connectivity index (χ1) is 8.30. The molecule has 0 bridgehead atoms. The van der Waals surface area contributed by atoms with E-state index in [1.54, 1.807) is 13.0 Å². The summed E-state index contributed by atoms with van der Waals surface area (Å²) >= 11 is 5.73. The highest BCUT2D eigenvalue weighted by Crippen LogP contribution is 2.21. The molecule has 1 rings (SSSR count). The maximum absolute atomic E-state index is 12.2. The van der Waals surface area contributed by atoms with Crippen LogP contribution >= 0.6 is 11.6 Å². The minimum absolute atomic E-state index is 0.0165. The van der Waals surface area contributed by atoms with E-state index in [9.17, 15) is 13.2 Å². The van der Waals surface area contributed by atoms with Gasteiger partial charge >= 0.3 is 5.97 Å². The number of rotatable bonds is 5. The van der Waals surface area contributed by atoms with Crippen LogP contribution in [0.4, 0.5) is 0 Å². The Morgan fingerprint density at radius 1 is 1.50 bits per heavy atom. The first-order valence-electron chi connectivity index (χ1n) is 5.27. The van der Waals surface area contributed by atoms with Crippen molar-refractivity contribution >= 4 is 27.6 Å². The molecule has 100 valence electrons. The van der Waals surface area contributed by atoms with E-state index in [4.69, 9.17) is 16.7 Å². The zero-order chi connectivity index (χ0) is 13.9. The fraction of sp³-hybridized carbons (Fsp3) is 0.364. The summed E-state index contributed by atoms with van der Waals surface area (Å²) in [6.45, 7) is 1.61. The minimum Gasteiger partial charge on any atom is -0.480 e. The molecule has 7 heteroatoms. The van der Waals surface area contributed by atoms with Crippen LogP contribution in [0, 0.1) is 0 Å². The quantitative estimate of drug-likeness (QED) is 0.898. The first kappa shape index (κ1) is 14.9. The molecule has 18 heavy (non-hydrogen) atoms. The summed E-state index contributed by atoms with van der Waals surface area (Å²) in [5, 5.41) is 9.26. The number of sulfonamides is 1. The monoisotopic (exact) mass is 291 g/mol. The number of hydrogen-bond acceptors (Lipinski definition) is 3. The zero-order valence-electron chi connectivity index (χ0n) is 10.00. The largest absolute Gasteiger partial charge is 0.480 e. The number of carbonyl (C=O) groups is 1. The van der Waals surface area contributed by atoms with E-state index in [-0.39, 0.29) is 16.3 Å². The van der Waals surface area contributed by atoms with Crippen LogP contribution in [0.2, 0.25) is 5.02 Å². The molecule has 0 saturated carbocycles. The van der Waals surface area contributed by atoms with E-state index in [0.29, 0.717) is 0 Å². The van der Waals surface area contributed by atoms with Gasteiger partial charge in [0.25, 0.3) is 0 Å². The van der Waals surface area contributed by atoms with E-state index in [2.05, 4.69) is 0 Å². The lowest BCUT2D eigenvalue weighted by atomic mass is 10.2. The Bertz CT molecular complexity index is 544. The van der Waals surface area contributed by atoms with Gasteiger partial charge in [-0.05, 0) is 24.6 Å². The highest BCUT2D eigenvalue weighted by atomic mass is 35.5. The van der Waals surface area contributed by atoms with Crippen LogP contribution in [-0.2, 0) is 14.8 Å². The van der Waals surface area contributed by atoms with Crippen molar-refractivity contribution in [3.05, 3.63) is 29.3 Å². The Morgan fingerprint density at radius 3 is 2.56 bits per heavy atom. The molecule has 0 spiro atoms. The van der Waals surface area contributed by atoms with Gasteiger partial charge in [0.15, 0.2) is 0 Å². The third-order valence-corrected chi connectivity index (χ3v) is 4.68. The molecule has 0 radical (unpaired) electrons.